The molecule has 0 atom stereocenters. The highest BCUT2D eigenvalue weighted by molar-refractivity contribution is 6.30. The van der Waals surface area contributed by atoms with Crippen molar-refractivity contribution in [3.05, 3.63) is 88.9 Å². The summed E-state index contributed by atoms with van der Waals surface area (Å²) in [5, 5.41) is 3.20. The molecule has 0 bridgehead atoms. The molecule has 3 rings (SSSR count). The minimum atomic E-state index is -2.99. The molecule has 0 spiro atoms. The molecular formula is C21H16ClF2NO3. The van der Waals surface area contributed by atoms with Gasteiger partial charge >= 0.3 is 6.61 Å². The van der Waals surface area contributed by atoms with Crippen molar-refractivity contribution in [1.82, 2.24) is 0 Å². The van der Waals surface area contributed by atoms with Gasteiger partial charge in [0.2, 0.25) is 0 Å². The Balaban J connectivity index is 1.75. The number of nitrogens with one attached hydrogen (secondary N) is 1. The summed E-state index contributed by atoms with van der Waals surface area (Å²) in [5.74, 6) is -0.260. The Hall–Kier alpha value is -3.12. The van der Waals surface area contributed by atoms with Crippen molar-refractivity contribution < 1.29 is 23.0 Å². The van der Waals surface area contributed by atoms with Crippen molar-refractivity contribution in [3.63, 3.8) is 0 Å². The van der Waals surface area contributed by atoms with Gasteiger partial charge in [0, 0.05) is 5.02 Å². The van der Waals surface area contributed by atoms with Crippen LogP contribution in [0.2, 0.25) is 5.02 Å². The Morgan fingerprint density at radius 3 is 2.29 bits per heavy atom. The van der Waals surface area contributed by atoms with E-state index in [1.165, 1.54) is 18.2 Å². The largest absolute Gasteiger partial charge is 0.488 e. The number of amides is 1. The molecule has 4 nitrogen and oxygen atoms in total. The van der Waals surface area contributed by atoms with Gasteiger partial charge in [0.15, 0.2) is 0 Å². The van der Waals surface area contributed by atoms with E-state index in [2.05, 4.69) is 10.1 Å². The zero-order valence-electron chi connectivity index (χ0n) is 14.6. The predicted molar refractivity (Wildman–Crippen MR) is 103 cm³/mol. The topological polar surface area (TPSA) is 47.6 Å². The first-order chi connectivity index (χ1) is 13.5. The SMILES string of the molecule is O=C(Nc1ccccc1OC(F)F)c1ccccc1OCc1ccc(Cl)cc1. The summed E-state index contributed by atoms with van der Waals surface area (Å²) in [7, 11) is 0. The van der Waals surface area contributed by atoms with Gasteiger partial charge in [0.1, 0.15) is 18.1 Å². The van der Waals surface area contributed by atoms with Crippen LogP contribution in [0, 0.1) is 0 Å². The first kappa shape index (κ1) is 19.6. The highest BCUT2D eigenvalue weighted by Crippen LogP contribution is 2.27. The van der Waals surface area contributed by atoms with E-state index in [0.29, 0.717) is 10.8 Å². The van der Waals surface area contributed by atoms with Gasteiger partial charge in [0.25, 0.3) is 5.91 Å². The van der Waals surface area contributed by atoms with Crippen LogP contribution in [0.3, 0.4) is 0 Å². The van der Waals surface area contributed by atoms with Crippen LogP contribution in [0.25, 0.3) is 0 Å². The van der Waals surface area contributed by atoms with Gasteiger partial charge in [-0.25, -0.2) is 0 Å². The summed E-state index contributed by atoms with van der Waals surface area (Å²) < 4.78 is 35.3. The average molecular weight is 404 g/mol. The van der Waals surface area contributed by atoms with E-state index in [1.807, 2.05) is 12.1 Å². The first-order valence-electron chi connectivity index (χ1n) is 8.34. The molecule has 0 aliphatic heterocycles. The molecule has 1 amide bonds. The lowest BCUT2D eigenvalue weighted by Gasteiger charge is -2.14. The Morgan fingerprint density at radius 2 is 1.57 bits per heavy atom. The summed E-state index contributed by atoms with van der Waals surface area (Å²) in [6.07, 6.45) is 0. The molecule has 7 heteroatoms. The van der Waals surface area contributed by atoms with Crippen LogP contribution in [-0.4, -0.2) is 12.5 Å². The van der Waals surface area contributed by atoms with Gasteiger partial charge in [-0.05, 0) is 42.0 Å². The highest BCUT2D eigenvalue weighted by Gasteiger charge is 2.16. The molecule has 28 heavy (non-hydrogen) atoms. The molecule has 0 unspecified atom stereocenters. The zero-order valence-corrected chi connectivity index (χ0v) is 15.3. The van der Waals surface area contributed by atoms with Crippen molar-refractivity contribution in [1.29, 1.82) is 0 Å². The lowest BCUT2D eigenvalue weighted by molar-refractivity contribution is -0.0493. The quantitative estimate of drug-likeness (QED) is 0.544. The van der Waals surface area contributed by atoms with Crippen LogP contribution in [0.4, 0.5) is 14.5 Å². The van der Waals surface area contributed by atoms with E-state index in [9.17, 15) is 13.6 Å². The number of hydrogen-bond acceptors (Lipinski definition) is 3. The van der Waals surface area contributed by atoms with Crippen LogP contribution >= 0.6 is 11.6 Å². The second-order valence-corrected chi connectivity index (χ2v) is 6.18. The van der Waals surface area contributed by atoms with E-state index in [1.54, 1.807) is 42.5 Å². The molecule has 0 saturated heterocycles. The average Bonchev–Trinajstić information content (AvgIpc) is 2.69. The van der Waals surface area contributed by atoms with Crippen LogP contribution in [0.1, 0.15) is 15.9 Å². The number of ether oxygens (including phenoxy) is 2. The third-order valence-corrected chi connectivity index (χ3v) is 4.04. The Labute approximate surface area is 165 Å². The summed E-state index contributed by atoms with van der Waals surface area (Å²) in [5.41, 5.74) is 1.29. The fourth-order valence-corrected chi connectivity index (χ4v) is 2.61. The van der Waals surface area contributed by atoms with Crippen LogP contribution in [0.5, 0.6) is 11.5 Å². The molecule has 0 saturated carbocycles. The second kappa shape index (κ2) is 9.19. The predicted octanol–water partition coefficient (Wildman–Crippen LogP) is 5.77. The van der Waals surface area contributed by atoms with Gasteiger partial charge < -0.3 is 14.8 Å². The summed E-state index contributed by atoms with van der Waals surface area (Å²) in [4.78, 5) is 12.7. The highest BCUT2D eigenvalue weighted by atomic mass is 35.5. The molecule has 0 heterocycles. The van der Waals surface area contributed by atoms with Crippen LogP contribution in [0.15, 0.2) is 72.8 Å². The molecule has 0 aromatic heterocycles. The number of halogens is 3. The number of anilines is 1. The molecule has 3 aromatic rings. The van der Waals surface area contributed by atoms with Crippen LogP contribution in [-0.2, 0) is 6.61 Å². The van der Waals surface area contributed by atoms with Gasteiger partial charge in [-0.1, -0.05) is 48.0 Å². The van der Waals surface area contributed by atoms with E-state index in [0.717, 1.165) is 5.56 Å². The number of carbonyl (C=O) groups is 1. The normalized spacial score (nSPS) is 10.6. The first-order valence-corrected chi connectivity index (χ1v) is 8.72. The number of para-hydroxylation sites is 3. The third-order valence-electron chi connectivity index (χ3n) is 3.79. The van der Waals surface area contributed by atoms with Gasteiger partial charge in [-0.3, -0.25) is 4.79 Å². The smallest absolute Gasteiger partial charge is 0.387 e. The minimum Gasteiger partial charge on any atom is -0.488 e. The van der Waals surface area contributed by atoms with Crippen molar-refractivity contribution in [3.8, 4) is 11.5 Å². The molecular weight excluding hydrogens is 388 g/mol. The fraction of sp³-hybridized carbons (Fsp3) is 0.0952. The maximum atomic E-state index is 12.7. The monoisotopic (exact) mass is 403 g/mol. The van der Waals surface area contributed by atoms with Crippen molar-refractivity contribution in [2.24, 2.45) is 0 Å². The maximum absolute atomic E-state index is 12.7. The number of alkyl halides is 2. The number of rotatable bonds is 7. The Kier molecular flexibility index (Phi) is 6.45. The molecule has 0 fully saturated rings. The number of carbonyl (C=O) groups excluding carboxylic acids is 1. The summed E-state index contributed by atoms with van der Waals surface area (Å²) in [6, 6.07) is 19.8. The summed E-state index contributed by atoms with van der Waals surface area (Å²) in [6.45, 7) is -2.75. The van der Waals surface area contributed by atoms with E-state index >= 15 is 0 Å². The van der Waals surface area contributed by atoms with Crippen molar-refractivity contribution >= 4 is 23.2 Å². The number of hydrogen-bond donors (Lipinski definition) is 1. The van der Waals surface area contributed by atoms with Crippen molar-refractivity contribution in [2.75, 3.05) is 5.32 Å². The molecule has 0 aliphatic carbocycles. The molecule has 0 radical (unpaired) electrons. The van der Waals surface area contributed by atoms with Gasteiger partial charge in [-0.15, -0.1) is 0 Å². The lowest BCUT2D eigenvalue weighted by Crippen LogP contribution is -2.15. The third kappa shape index (κ3) is 5.20. The number of benzene rings is 3. The van der Waals surface area contributed by atoms with E-state index < -0.39 is 12.5 Å². The molecule has 144 valence electrons. The molecule has 1 N–H and O–H groups in total. The molecule has 0 aliphatic rings. The Bertz CT molecular complexity index is 948. The van der Waals surface area contributed by atoms with Crippen molar-refractivity contribution in [2.45, 2.75) is 13.2 Å². The van der Waals surface area contributed by atoms with E-state index in [4.69, 9.17) is 16.3 Å². The van der Waals surface area contributed by atoms with Gasteiger partial charge in [0.05, 0.1) is 11.3 Å². The summed E-state index contributed by atoms with van der Waals surface area (Å²) >= 11 is 5.87. The standard InChI is InChI=1S/C21H16ClF2NO3/c22-15-11-9-14(10-12-15)13-27-18-7-3-1-5-16(18)20(26)25-17-6-2-4-8-19(17)28-21(23)24/h1-12,21H,13H2,(H,25,26). The lowest BCUT2D eigenvalue weighted by atomic mass is 10.1. The van der Waals surface area contributed by atoms with E-state index in [-0.39, 0.29) is 23.6 Å². The van der Waals surface area contributed by atoms with Crippen LogP contribution < -0.4 is 14.8 Å². The molecule has 3 aromatic carbocycles. The second-order valence-electron chi connectivity index (χ2n) is 5.74. The minimum absolute atomic E-state index is 0.120. The zero-order chi connectivity index (χ0) is 19.9. The Morgan fingerprint density at radius 1 is 0.929 bits per heavy atom. The van der Waals surface area contributed by atoms with Gasteiger partial charge in [-0.2, -0.15) is 8.78 Å². The maximum Gasteiger partial charge on any atom is 0.387 e. The fourth-order valence-electron chi connectivity index (χ4n) is 2.48.